The summed E-state index contributed by atoms with van der Waals surface area (Å²) >= 11 is 0. The van der Waals surface area contributed by atoms with Gasteiger partial charge in [-0.3, -0.25) is 0 Å². The first kappa shape index (κ1) is 26.6. The van der Waals surface area contributed by atoms with Crippen molar-refractivity contribution in [3.05, 3.63) is 82.2 Å². The molecule has 2 unspecified atom stereocenters. The first-order chi connectivity index (χ1) is 17.9. The zero-order valence-corrected chi connectivity index (χ0v) is 22.4. The molecular weight excluding hydrogens is 486 g/mol. The molecule has 6 heteroatoms. The van der Waals surface area contributed by atoms with E-state index in [0.717, 1.165) is 0 Å². The predicted octanol–water partition coefficient (Wildman–Crippen LogP) is 3.05. The van der Waals surface area contributed by atoms with Gasteiger partial charge in [-0.25, -0.2) is 18.6 Å². The van der Waals surface area contributed by atoms with Crippen LogP contribution in [0, 0.1) is 10.2 Å². The fourth-order valence-electron chi connectivity index (χ4n) is 7.14. The molecule has 0 saturated carbocycles. The van der Waals surface area contributed by atoms with E-state index in [1.165, 1.54) is 95.6 Å². The summed E-state index contributed by atoms with van der Waals surface area (Å²) in [6, 6.07) is 14.0. The molecule has 0 spiro atoms. The van der Waals surface area contributed by atoms with E-state index in [1.807, 2.05) is 0 Å². The molecule has 37 heavy (non-hydrogen) atoms. The minimum atomic E-state index is -4.94. The van der Waals surface area contributed by atoms with Gasteiger partial charge in [0.1, 0.15) is 0 Å². The second-order valence-electron chi connectivity index (χ2n) is 11.0. The Balaban J connectivity index is 0.000000514. The Hall–Kier alpha value is -2.02. The molecule has 0 amide bonds. The number of halogens is 1. The number of fused-ring (bicyclic) bond motifs is 2. The van der Waals surface area contributed by atoms with Crippen LogP contribution in [0.4, 0.5) is 0 Å². The van der Waals surface area contributed by atoms with Gasteiger partial charge in [-0.2, -0.15) is 4.57 Å². The first-order valence-electron chi connectivity index (χ1n) is 14.1. The van der Waals surface area contributed by atoms with Gasteiger partial charge in [-0.15, -0.1) is 10.2 Å². The molecule has 0 fully saturated rings. The lowest BCUT2D eigenvalue weighted by atomic mass is 9.74. The summed E-state index contributed by atoms with van der Waals surface area (Å²) in [6.07, 6.45) is 23.8. The van der Waals surface area contributed by atoms with Gasteiger partial charge in [0, 0.05) is 23.3 Å². The lowest BCUT2D eigenvalue weighted by Gasteiger charge is -2.32. The van der Waals surface area contributed by atoms with Crippen molar-refractivity contribution in [2.45, 2.75) is 102 Å². The van der Waals surface area contributed by atoms with E-state index in [2.05, 4.69) is 53.1 Å². The van der Waals surface area contributed by atoms with E-state index >= 15 is 0 Å². The van der Waals surface area contributed by atoms with E-state index in [4.69, 9.17) is 18.6 Å². The van der Waals surface area contributed by atoms with E-state index in [0.29, 0.717) is 11.8 Å². The first-order valence-corrected chi connectivity index (χ1v) is 15.3. The van der Waals surface area contributed by atoms with Crippen molar-refractivity contribution in [1.29, 1.82) is 0 Å². The number of benzene rings is 1. The molecule has 1 heterocycles. The molecule has 0 aliphatic heterocycles. The van der Waals surface area contributed by atoms with Crippen LogP contribution < -0.4 is 23.2 Å². The minimum absolute atomic E-state index is 0.618. The Labute approximate surface area is 222 Å². The van der Waals surface area contributed by atoms with Crippen LogP contribution in [0.5, 0.6) is 0 Å². The number of aryl methyl sites for hydroxylation is 2. The smallest absolute Gasteiger partial charge is 0.211 e. The van der Waals surface area contributed by atoms with Crippen LogP contribution in [0.3, 0.4) is 0 Å². The molecule has 0 radical (unpaired) electrons. The highest BCUT2D eigenvalue weighted by atomic mass is 35.7. The van der Waals surface area contributed by atoms with Crippen molar-refractivity contribution >= 4 is 0 Å². The largest absolute Gasteiger partial charge is 0.222 e. The third kappa shape index (κ3) is 6.35. The zero-order valence-electron chi connectivity index (χ0n) is 21.6. The fourth-order valence-corrected chi connectivity index (χ4v) is 7.14. The Morgan fingerprint density at radius 1 is 0.622 bits per heavy atom. The summed E-state index contributed by atoms with van der Waals surface area (Å²) in [5, 5.41) is 0. The number of aromatic nitrogens is 1. The molecule has 0 N–H and O–H groups in total. The molecule has 1 aromatic heterocycles. The van der Waals surface area contributed by atoms with Crippen molar-refractivity contribution in [1.82, 2.24) is 0 Å². The van der Waals surface area contributed by atoms with Gasteiger partial charge in [-0.05, 0) is 96.0 Å². The third-order valence-electron chi connectivity index (χ3n) is 8.59. The van der Waals surface area contributed by atoms with Crippen molar-refractivity contribution in [2.24, 2.45) is 0 Å². The highest BCUT2D eigenvalue weighted by Crippen LogP contribution is 2.44. The van der Waals surface area contributed by atoms with E-state index in [1.54, 1.807) is 33.7 Å². The van der Waals surface area contributed by atoms with Crippen molar-refractivity contribution in [2.75, 3.05) is 0 Å². The molecule has 6 rings (SSSR count). The lowest BCUT2D eigenvalue weighted by Crippen LogP contribution is -2.68. The average Bonchev–Trinajstić information content (AvgIpc) is 2.91. The molecule has 2 atom stereocenters. The minimum Gasteiger partial charge on any atom is -0.222 e. The number of hydrogen-bond donors (Lipinski definition) is 0. The topological polar surface area (TPSA) is 96.1 Å². The summed E-state index contributed by atoms with van der Waals surface area (Å²) < 4.78 is 36.8. The molecule has 0 bridgehead atoms. The van der Waals surface area contributed by atoms with Crippen LogP contribution in [0.1, 0.15) is 111 Å². The predicted molar refractivity (Wildman–Crippen MR) is 132 cm³/mol. The molecule has 2 aromatic rings. The van der Waals surface area contributed by atoms with Gasteiger partial charge in [-0.1, -0.05) is 41.5 Å². The molecule has 198 valence electrons. The Kier molecular flexibility index (Phi) is 8.47. The summed E-state index contributed by atoms with van der Waals surface area (Å²) in [5.74, 6) is 1.24. The molecule has 0 saturated heterocycles. The van der Waals surface area contributed by atoms with Crippen molar-refractivity contribution in [3.8, 4) is 5.69 Å². The van der Waals surface area contributed by atoms with E-state index in [9.17, 15) is 0 Å². The highest BCUT2D eigenvalue weighted by Gasteiger charge is 2.41. The maximum atomic E-state index is 8.49. The maximum absolute atomic E-state index is 8.49. The standard InChI is InChI=1S/C31H38N.ClHO4/c1-4-12-23(13-5-1)28-20-10-16-25-22-26-17-11-21-29(24-14-6-2-7-15-24)31(26)32(30(25)28)27-18-8-3-9-19-27;2-1(3,4)5/h3,8-9,12,14,18-19,22,28-29H,1-2,4-7,10-11,13,15-17,20-21H2;(H,2,3,4,5)/q+1;/p-1. The summed E-state index contributed by atoms with van der Waals surface area (Å²) in [4.78, 5) is 0. The van der Waals surface area contributed by atoms with Crippen LogP contribution in [0.2, 0.25) is 0 Å². The summed E-state index contributed by atoms with van der Waals surface area (Å²) in [5.41, 5.74) is 11.5. The SMILES string of the molecule is C1=C(C2CCCc3cc4c([n+](-c5ccccc5)c32)C(C2=CCCCC2)CCC4)CCCC1.[O-][Cl+3]([O-])([O-])[O-]. The van der Waals surface area contributed by atoms with Crippen molar-refractivity contribution in [3.63, 3.8) is 0 Å². The Bertz CT molecular complexity index is 1080. The van der Waals surface area contributed by atoms with E-state index in [-0.39, 0.29) is 0 Å². The normalized spacial score (nSPS) is 23.6. The number of rotatable bonds is 3. The van der Waals surface area contributed by atoms with Crippen LogP contribution in [0.15, 0.2) is 59.7 Å². The van der Waals surface area contributed by atoms with Crippen molar-refractivity contribution < 1.29 is 33.4 Å². The average molecular weight is 524 g/mol. The lowest BCUT2D eigenvalue weighted by molar-refractivity contribution is -2.00. The third-order valence-corrected chi connectivity index (χ3v) is 8.59. The van der Waals surface area contributed by atoms with Gasteiger partial charge in [0.05, 0.1) is 11.8 Å². The van der Waals surface area contributed by atoms with Gasteiger partial charge in [0.2, 0.25) is 5.69 Å². The van der Waals surface area contributed by atoms with Crippen LogP contribution in [0.25, 0.3) is 5.69 Å². The summed E-state index contributed by atoms with van der Waals surface area (Å²) in [6.45, 7) is 0. The van der Waals surface area contributed by atoms with Crippen LogP contribution in [-0.2, 0) is 12.8 Å². The quantitative estimate of drug-likeness (QED) is 0.456. The molecule has 4 aliphatic rings. The number of hydrogen-bond acceptors (Lipinski definition) is 4. The number of para-hydroxylation sites is 1. The molecule has 4 aliphatic carbocycles. The number of nitrogens with zero attached hydrogens (tertiary/aromatic N) is 1. The van der Waals surface area contributed by atoms with Gasteiger partial charge in [0.15, 0.2) is 11.4 Å². The zero-order chi connectivity index (χ0) is 25.8. The molecule has 1 aromatic carbocycles. The second-order valence-corrected chi connectivity index (χ2v) is 11.7. The second kappa shape index (κ2) is 11.8. The van der Waals surface area contributed by atoms with E-state index < -0.39 is 10.2 Å². The number of allylic oxidation sites excluding steroid dienone is 4. The van der Waals surface area contributed by atoms with Gasteiger partial charge >= 0.3 is 0 Å². The summed E-state index contributed by atoms with van der Waals surface area (Å²) in [7, 11) is -4.94. The monoisotopic (exact) mass is 523 g/mol. The maximum Gasteiger partial charge on any atom is 0.211 e. The Morgan fingerprint density at radius 2 is 1.11 bits per heavy atom. The number of pyridine rings is 1. The fraction of sp³-hybridized carbons (Fsp3) is 0.516. The van der Waals surface area contributed by atoms with Crippen LogP contribution >= 0.6 is 0 Å². The van der Waals surface area contributed by atoms with Gasteiger partial charge < -0.3 is 0 Å². The Morgan fingerprint density at radius 3 is 1.54 bits per heavy atom. The molecular formula is C31H38ClNO4. The molecule has 5 nitrogen and oxygen atoms in total. The van der Waals surface area contributed by atoms with Gasteiger partial charge in [0.25, 0.3) is 0 Å². The van der Waals surface area contributed by atoms with Crippen LogP contribution in [-0.4, -0.2) is 0 Å². The highest BCUT2D eigenvalue weighted by molar-refractivity contribution is 5.41.